The molecule has 0 saturated carbocycles. The van der Waals surface area contributed by atoms with Crippen LogP contribution >= 0.6 is 35.1 Å². The second kappa shape index (κ2) is 8.77. The molecule has 3 aromatic rings. The first-order valence-electron chi connectivity index (χ1n) is 8.08. The molecule has 0 aliphatic heterocycles. The van der Waals surface area contributed by atoms with Crippen molar-refractivity contribution in [3.05, 3.63) is 75.1 Å². The summed E-state index contributed by atoms with van der Waals surface area (Å²) >= 11 is 8.95. The summed E-state index contributed by atoms with van der Waals surface area (Å²) in [6.45, 7) is 1.65. The topological polar surface area (TPSA) is 73.8 Å². The van der Waals surface area contributed by atoms with Crippen LogP contribution in [0.5, 0.6) is 0 Å². The molecule has 0 aliphatic rings. The smallest absolute Gasteiger partial charge is 0.220 e. The molecule has 1 heterocycles. The molecule has 0 unspecified atom stereocenters. The standard InChI is InChI=1S/C18H17ClN4O2S2/c1-12-20-21-18(23(12)15-7-5-14(19)6-8-15)27-17(11-22(24)25)13-3-9-16(26-2)10-4-13/h3-10,17H,11H2,1-2H3/t17-/m0/s1. The van der Waals surface area contributed by atoms with Crippen molar-refractivity contribution in [1.29, 1.82) is 0 Å². The van der Waals surface area contributed by atoms with Crippen LogP contribution in [0.2, 0.25) is 5.02 Å². The number of aryl methyl sites for hydroxylation is 1. The number of hydrogen-bond acceptors (Lipinski definition) is 6. The van der Waals surface area contributed by atoms with Gasteiger partial charge in [-0.15, -0.1) is 22.0 Å². The fraction of sp³-hybridized carbons (Fsp3) is 0.222. The summed E-state index contributed by atoms with van der Waals surface area (Å²) in [6.07, 6.45) is 2.00. The number of benzene rings is 2. The molecule has 3 rings (SSSR count). The quantitative estimate of drug-likeness (QED) is 0.302. The van der Waals surface area contributed by atoms with E-state index >= 15 is 0 Å². The van der Waals surface area contributed by atoms with Gasteiger partial charge in [-0.3, -0.25) is 14.7 Å². The lowest BCUT2D eigenvalue weighted by Crippen LogP contribution is -2.11. The minimum absolute atomic E-state index is 0.199. The Morgan fingerprint density at radius 2 is 1.81 bits per heavy atom. The summed E-state index contributed by atoms with van der Waals surface area (Å²) < 4.78 is 1.88. The van der Waals surface area contributed by atoms with Gasteiger partial charge in [0.25, 0.3) is 0 Å². The van der Waals surface area contributed by atoms with E-state index in [1.165, 1.54) is 11.8 Å². The highest BCUT2D eigenvalue weighted by atomic mass is 35.5. The summed E-state index contributed by atoms with van der Waals surface area (Å²) in [5, 5.41) is 20.5. The molecule has 6 nitrogen and oxygen atoms in total. The Bertz CT molecular complexity index is 930. The second-order valence-electron chi connectivity index (χ2n) is 5.74. The Labute approximate surface area is 170 Å². The monoisotopic (exact) mass is 420 g/mol. The molecule has 0 spiro atoms. The van der Waals surface area contributed by atoms with E-state index in [9.17, 15) is 10.1 Å². The van der Waals surface area contributed by atoms with E-state index < -0.39 is 0 Å². The second-order valence-corrected chi connectivity index (χ2v) is 8.22. The number of hydrogen-bond donors (Lipinski definition) is 0. The SMILES string of the molecule is CSc1ccc([C@H](C[N+](=O)[O-])Sc2nnc(C)n2-c2ccc(Cl)cc2)cc1. The van der Waals surface area contributed by atoms with Crippen LogP contribution in [0.3, 0.4) is 0 Å². The van der Waals surface area contributed by atoms with Crippen LogP contribution in [-0.2, 0) is 0 Å². The zero-order chi connectivity index (χ0) is 19.4. The Morgan fingerprint density at radius 3 is 2.41 bits per heavy atom. The first-order valence-corrected chi connectivity index (χ1v) is 10.6. The molecule has 0 bridgehead atoms. The number of nitrogens with zero attached hydrogens (tertiary/aromatic N) is 4. The summed E-state index contributed by atoms with van der Waals surface area (Å²) in [6, 6.07) is 15.1. The van der Waals surface area contributed by atoms with Gasteiger partial charge in [-0.05, 0) is 55.1 Å². The summed E-state index contributed by atoms with van der Waals surface area (Å²) in [5.41, 5.74) is 1.75. The van der Waals surface area contributed by atoms with Gasteiger partial charge >= 0.3 is 0 Å². The van der Waals surface area contributed by atoms with Crippen molar-refractivity contribution in [3.63, 3.8) is 0 Å². The number of nitro groups is 1. The van der Waals surface area contributed by atoms with Gasteiger partial charge in [0.2, 0.25) is 6.54 Å². The normalized spacial score (nSPS) is 12.1. The molecule has 140 valence electrons. The molecule has 27 heavy (non-hydrogen) atoms. The summed E-state index contributed by atoms with van der Waals surface area (Å²) in [7, 11) is 0. The molecule has 1 atom stereocenters. The van der Waals surface area contributed by atoms with E-state index in [2.05, 4.69) is 10.2 Å². The Kier molecular flexibility index (Phi) is 6.41. The summed E-state index contributed by atoms with van der Waals surface area (Å²) in [5.74, 6) is 0.706. The van der Waals surface area contributed by atoms with Crippen molar-refractivity contribution in [2.75, 3.05) is 12.8 Å². The van der Waals surface area contributed by atoms with Crippen LogP contribution in [0.1, 0.15) is 16.6 Å². The van der Waals surface area contributed by atoms with E-state index in [4.69, 9.17) is 11.6 Å². The van der Waals surface area contributed by atoms with Gasteiger partial charge in [-0.25, -0.2) is 0 Å². The maximum Gasteiger partial charge on any atom is 0.220 e. The Hall–Kier alpha value is -2.03. The zero-order valence-corrected chi connectivity index (χ0v) is 17.1. The Balaban J connectivity index is 1.94. The molecule has 0 aliphatic carbocycles. The van der Waals surface area contributed by atoms with Crippen molar-refractivity contribution in [1.82, 2.24) is 14.8 Å². The van der Waals surface area contributed by atoms with Gasteiger partial charge < -0.3 is 0 Å². The van der Waals surface area contributed by atoms with Crippen molar-refractivity contribution in [3.8, 4) is 5.69 Å². The number of aromatic nitrogens is 3. The van der Waals surface area contributed by atoms with Crippen molar-refractivity contribution in [2.24, 2.45) is 0 Å². The van der Waals surface area contributed by atoms with Gasteiger partial charge in [0.15, 0.2) is 5.16 Å². The van der Waals surface area contributed by atoms with E-state index in [0.717, 1.165) is 16.1 Å². The predicted octanol–water partition coefficient (Wildman–Crippen LogP) is 5.06. The molecule has 2 aromatic carbocycles. The molecule has 0 saturated heterocycles. The molecule has 1 aromatic heterocycles. The third-order valence-electron chi connectivity index (χ3n) is 3.93. The van der Waals surface area contributed by atoms with Crippen molar-refractivity contribution in [2.45, 2.75) is 22.2 Å². The number of thioether (sulfide) groups is 2. The van der Waals surface area contributed by atoms with Crippen LogP contribution < -0.4 is 0 Å². The predicted molar refractivity (Wildman–Crippen MR) is 110 cm³/mol. The van der Waals surface area contributed by atoms with Gasteiger partial charge in [-0.1, -0.05) is 35.5 Å². The first kappa shape index (κ1) is 19.7. The van der Waals surface area contributed by atoms with Gasteiger partial charge in [0.05, 0.1) is 0 Å². The molecule has 0 amide bonds. The first-order chi connectivity index (χ1) is 13.0. The lowest BCUT2D eigenvalue weighted by Gasteiger charge is -2.14. The van der Waals surface area contributed by atoms with Crippen LogP contribution in [0.4, 0.5) is 0 Å². The molecular formula is C18H17ClN4O2S2. The van der Waals surface area contributed by atoms with Crippen LogP contribution in [-0.4, -0.2) is 32.5 Å². The highest BCUT2D eigenvalue weighted by Gasteiger charge is 2.23. The molecule has 0 N–H and O–H groups in total. The average molecular weight is 421 g/mol. The van der Waals surface area contributed by atoms with Crippen molar-refractivity contribution >= 4 is 35.1 Å². The minimum atomic E-state index is -0.370. The number of rotatable bonds is 7. The molecule has 0 fully saturated rings. The average Bonchev–Trinajstić information content (AvgIpc) is 3.02. The van der Waals surface area contributed by atoms with E-state index in [1.807, 2.05) is 54.1 Å². The summed E-state index contributed by atoms with van der Waals surface area (Å²) in [4.78, 5) is 12.0. The van der Waals surface area contributed by atoms with E-state index in [1.54, 1.807) is 23.9 Å². The minimum Gasteiger partial charge on any atom is -0.274 e. The third kappa shape index (κ3) is 4.82. The van der Waals surface area contributed by atoms with Crippen LogP contribution in [0, 0.1) is 17.0 Å². The van der Waals surface area contributed by atoms with Crippen LogP contribution in [0.15, 0.2) is 58.6 Å². The fourth-order valence-electron chi connectivity index (χ4n) is 2.60. The van der Waals surface area contributed by atoms with Gasteiger partial charge in [0, 0.05) is 20.5 Å². The van der Waals surface area contributed by atoms with Crippen LogP contribution in [0.25, 0.3) is 5.69 Å². The molecule has 9 heteroatoms. The van der Waals surface area contributed by atoms with E-state index in [0.29, 0.717) is 16.0 Å². The number of halogens is 1. The van der Waals surface area contributed by atoms with Gasteiger partial charge in [0.1, 0.15) is 11.1 Å². The molecular weight excluding hydrogens is 404 g/mol. The maximum atomic E-state index is 11.2. The zero-order valence-electron chi connectivity index (χ0n) is 14.7. The lowest BCUT2D eigenvalue weighted by atomic mass is 10.1. The van der Waals surface area contributed by atoms with Crippen molar-refractivity contribution < 1.29 is 4.92 Å². The third-order valence-corrected chi connectivity index (χ3v) is 6.11. The maximum absolute atomic E-state index is 11.2. The Morgan fingerprint density at radius 1 is 1.15 bits per heavy atom. The van der Waals surface area contributed by atoms with Gasteiger partial charge in [-0.2, -0.15) is 0 Å². The highest BCUT2D eigenvalue weighted by molar-refractivity contribution is 7.99. The molecule has 0 radical (unpaired) electrons. The lowest BCUT2D eigenvalue weighted by molar-refractivity contribution is -0.479. The highest BCUT2D eigenvalue weighted by Crippen LogP contribution is 2.36. The largest absolute Gasteiger partial charge is 0.274 e. The fourth-order valence-corrected chi connectivity index (χ4v) is 4.31. The van der Waals surface area contributed by atoms with E-state index in [-0.39, 0.29) is 16.7 Å².